The fourth-order valence-corrected chi connectivity index (χ4v) is 2.00. The first kappa shape index (κ1) is 15.5. The summed E-state index contributed by atoms with van der Waals surface area (Å²) in [7, 11) is 0. The van der Waals surface area contributed by atoms with E-state index in [1.165, 1.54) is 0 Å². The van der Waals surface area contributed by atoms with Crippen molar-refractivity contribution in [2.45, 2.75) is 12.8 Å². The second-order valence-corrected chi connectivity index (χ2v) is 5.18. The summed E-state index contributed by atoms with van der Waals surface area (Å²) in [5, 5.41) is 0.916. The zero-order chi connectivity index (χ0) is 15.2. The van der Waals surface area contributed by atoms with Crippen LogP contribution >= 0.6 is 23.2 Å². The second-order valence-electron chi connectivity index (χ2n) is 4.33. The number of ether oxygens (including phenoxy) is 1. The van der Waals surface area contributed by atoms with Gasteiger partial charge in [-0.1, -0.05) is 35.3 Å². The van der Waals surface area contributed by atoms with Crippen LogP contribution in [0.4, 0.5) is 0 Å². The van der Waals surface area contributed by atoms with Crippen LogP contribution in [0.15, 0.2) is 48.5 Å². The topological polar surface area (TPSA) is 43.4 Å². The number of para-hydroxylation sites is 1. The van der Waals surface area contributed by atoms with Crippen LogP contribution in [0.1, 0.15) is 23.2 Å². The van der Waals surface area contributed by atoms with Crippen molar-refractivity contribution >= 4 is 35.0 Å². The predicted molar refractivity (Wildman–Crippen MR) is 82.1 cm³/mol. The summed E-state index contributed by atoms with van der Waals surface area (Å²) in [5.41, 5.74) is 0.518. The maximum absolute atomic E-state index is 11.9. The Hall–Kier alpha value is -1.84. The monoisotopic (exact) mass is 322 g/mol. The molecule has 5 heteroatoms. The minimum absolute atomic E-state index is 0.00726. The van der Waals surface area contributed by atoms with Crippen LogP contribution < -0.4 is 4.74 Å². The molecule has 0 fully saturated rings. The van der Waals surface area contributed by atoms with Gasteiger partial charge in [0, 0.05) is 17.0 Å². The van der Waals surface area contributed by atoms with Crippen molar-refractivity contribution in [3.63, 3.8) is 0 Å². The lowest BCUT2D eigenvalue weighted by Crippen LogP contribution is -2.11. The van der Waals surface area contributed by atoms with Gasteiger partial charge in [-0.2, -0.15) is 0 Å². The highest BCUT2D eigenvalue weighted by molar-refractivity contribution is 6.32. The molecule has 2 aromatic carbocycles. The van der Waals surface area contributed by atoms with Gasteiger partial charge in [-0.05, 0) is 36.4 Å². The number of carbonyl (C=O) groups excluding carboxylic acids is 2. The molecule has 2 aromatic rings. The quantitative estimate of drug-likeness (QED) is 0.460. The zero-order valence-corrected chi connectivity index (χ0v) is 12.5. The zero-order valence-electron chi connectivity index (χ0n) is 11.0. The second kappa shape index (κ2) is 7.25. The molecule has 2 rings (SSSR count). The van der Waals surface area contributed by atoms with E-state index >= 15 is 0 Å². The van der Waals surface area contributed by atoms with Gasteiger partial charge < -0.3 is 4.74 Å². The Labute approximate surface area is 132 Å². The van der Waals surface area contributed by atoms with Crippen LogP contribution in [0.2, 0.25) is 10.0 Å². The van der Waals surface area contributed by atoms with Crippen molar-refractivity contribution in [3.8, 4) is 5.75 Å². The Morgan fingerprint density at radius 3 is 2.24 bits per heavy atom. The normalized spacial score (nSPS) is 10.2. The third-order valence-corrected chi connectivity index (χ3v) is 3.35. The third kappa shape index (κ3) is 4.59. The summed E-state index contributed by atoms with van der Waals surface area (Å²) < 4.78 is 5.11. The Balaban J connectivity index is 1.88. The van der Waals surface area contributed by atoms with Crippen LogP contribution in [-0.2, 0) is 4.79 Å². The SMILES string of the molecule is O=C(CCC(=O)c1ccc(Cl)cc1)Oc1ccccc1Cl. The van der Waals surface area contributed by atoms with Crippen LogP contribution in [0.5, 0.6) is 5.75 Å². The van der Waals surface area contributed by atoms with Gasteiger partial charge in [0.05, 0.1) is 11.4 Å². The summed E-state index contributed by atoms with van der Waals surface area (Å²) >= 11 is 11.6. The summed E-state index contributed by atoms with van der Waals surface area (Å²) in [5.74, 6) is -0.337. The first-order valence-electron chi connectivity index (χ1n) is 6.30. The van der Waals surface area contributed by atoms with Gasteiger partial charge >= 0.3 is 5.97 Å². The molecule has 0 radical (unpaired) electrons. The minimum Gasteiger partial charge on any atom is -0.425 e. The number of carbonyl (C=O) groups is 2. The van der Waals surface area contributed by atoms with Crippen LogP contribution in [0.25, 0.3) is 0 Å². The molecule has 0 spiro atoms. The Kier molecular flexibility index (Phi) is 5.37. The number of hydrogen-bond acceptors (Lipinski definition) is 3. The van der Waals surface area contributed by atoms with E-state index in [0.717, 1.165) is 0 Å². The number of esters is 1. The molecule has 0 N–H and O–H groups in total. The van der Waals surface area contributed by atoms with Crippen molar-refractivity contribution in [1.82, 2.24) is 0 Å². The van der Waals surface area contributed by atoms with E-state index in [1.807, 2.05) is 0 Å². The number of hydrogen-bond donors (Lipinski definition) is 0. The van der Waals surface area contributed by atoms with Crippen LogP contribution in [-0.4, -0.2) is 11.8 Å². The van der Waals surface area contributed by atoms with Gasteiger partial charge in [0.1, 0.15) is 5.75 Å². The maximum atomic E-state index is 11.9. The van der Waals surface area contributed by atoms with E-state index in [-0.39, 0.29) is 18.6 Å². The lowest BCUT2D eigenvalue weighted by molar-refractivity contribution is -0.134. The van der Waals surface area contributed by atoms with E-state index in [9.17, 15) is 9.59 Å². The van der Waals surface area contributed by atoms with Crippen molar-refractivity contribution < 1.29 is 14.3 Å². The van der Waals surface area contributed by atoms with E-state index in [0.29, 0.717) is 21.4 Å². The van der Waals surface area contributed by atoms with Gasteiger partial charge in [-0.25, -0.2) is 0 Å². The standard InChI is InChI=1S/C16H12Cl2O3/c17-12-7-5-11(6-8-12)14(19)9-10-16(20)21-15-4-2-1-3-13(15)18/h1-8H,9-10H2. The van der Waals surface area contributed by atoms with Crippen molar-refractivity contribution in [3.05, 3.63) is 64.1 Å². The molecule has 108 valence electrons. The molecule has 0 aliphatic carbocycles. The number of halogens is 2. The number of Topliss-reactive ketones (excluding diaryl/α,β-unsaturated/α-hetero) is 1. The number of benzene rings is 2. The highest BCUT2D eigenvalue weighted by atomic mass is 35.5. The maximum Gasteiger partial charge on any atom is 0.311 e. The molecule has 0 aromatic heterocycles. The largest absolute Gasteiger partial charge is 0.425 e. The van der Waals surface area contributed by atoms with Crippen molar-refractivity contribution in [2.24, 2.45) is 0 Å². The van der Waals surface area contributed by atoms with E-state index in [2.05, 4.69) is 0 Å². The molecule has 21 heavy (non-hydrogen) atoms. The summed E-state index contributed by atoms with van der Waals surface area (Å²) in [6.45, 7) is 0. The molecule has 0 saturated heterocycles. The molecular weight excluding hydrogens is 311 g/mol. The molecule has 0 amide bonds. The van der Waals surface area contributed by atoms with Gasteiger partial charge in [-0.3, -0.25) is 9.59 Å². The first-order valence-corrected chi connectivity index (χ1v) is 7.06. The van der Waals surface area contributed by atoms with E-state index < -0.39 is 5.97 Å². The average molecular weight is 323 g/mol. The van der Waals surface area contributed by atoms with Gasteiger partial charge in [0.15, 0.2) is 5.78 Å². The molecule has 0 bridgehead atoms. The van der Waals surface area contributed by atoms with Gasteiger partial charge in [0.2, 0.25) is 0 Å². The molecular formula is C16H12Cl2O3. The van der Waals surface area contributed by atoms with E-state index in [1.54, 1.807) is 48.5 Å². The summed E-state index contributed by atoms with van der Waals surface area (Å²) in [6, 6.07) is 13.2. The molecule has 0 saturated carbocycles. The highest BCUT2D eigenvalue weighted by Gasteiger charge is 2.12. The van der Waals surface area contributed by atoms with Gasteiger partial charge in [0.25, 0.3) is 0 Å². The fourth-order valence-electron chi connectivity index (χ4n) is 1.70. The Morgan fingerprint density at radius 1 is 0.905 bits per heavy atom. The van der Waals surface area contributed by atoms with Crippen LogP contribution in [0.3, 0.4) is 0 Å². The predicted octanol–water partition coefficient (Wildman–Crippen LogP) is 4.56. The molecule has 0 aliphatic rings. The molecule has 0 unspecified atom stereocenters. The fraction of sp³-hybridized carbons (Fsp3) is 0.125. The lowest BCUT2D eigenvalue weighted by atomic mass is 10.1. The number of rotatable bonds is 5. The smallest absolute Gasteiger partial charge is 0.311 e. The summed E-state index contributed by atoms with van der Waals surface area (Å²) in [4.78, 5) is 23.6. The van der Waals surface area contributed by atoms with Crippen molar-refractivity contribution in [2.75, 3.05) is 0 Å². The summed E-state index contributed by atoms with van der Waals surface area (Å²) in [6.07, 6.45) is 0.0671. The Bertz CT molecular complexity index is 651. The lowest BCUT2D eigenvalue weighted by Gasteiger charge is -2.05. The third-order valence-electron chi connectivity index (χ3n) is 2.78. The minimum atomic E-state index is -0.495. The van der Waals surface area contributed by atoms with Crippen LogP contribution in [0, 0.1) is 0 Å². The average Bonchev–Trinajstić information content (AvgIpc) is 2.48. The molecule has 0 heterocycles. The molecule has 3 nitrogen and oxygen atoms in total. The van der Waals surface area contributed by atoms with Gasteiger partial charge in [-0.15, -0.1) is 0 Å². The van der Waals surface area contributed by atoms with E-state index in [4.69, 9.17) is 27.9 Å². The molecule has 0 atom stereocenters. The van der Waals surface area contributed by atoms with Crippen molar-refractivity contribution in [1.29, 1.82) is 0 Å². The first-order chi connectivity index (χ1) is 10.1. The highest BCUT2D eigenvalue weighted by Crippen LogP contribution is 2.23. The Morgan fingerprint density at radius 2 is 1.57 bits per heavy atom. The number of ketones is 1. The molecule has 0 aliphatic heterocycles.